The summed E-state index contributed by atoms with van der Waals surface area (Å²) in [6.45, 7) is 2.67. The van der Waals surface area contributed by atoms with Gasteiger partial charge in [0.2, 0.25) is 0 Å². The van der Waals surface area contributed by atoms with Crippen molar-refractivity contribution in [2.75, 3.05) is 19.7 Å². The second-order valence-electron chi connectivity index (χ2n) is 5.27. The molecule has 4 nitrogen and oxygen atoms in total. The van der Waals surface area contributed by atoms with Gasteiger partial charge in [-0.3, -0.25) is 4.79 Å². The number of rotatable bonds is 6. The number of aliphatic hydroxyl groups excluding tert-OH is 1. The Balaban J connectivity index is 2.22. The first-order valence-electron chi connectivity index (χ1n) is 7.52. The lowest BCUT2D eigenvalue weighted by Crippen LogP contribution is -2.33. The number of ether oxygens (including phenoxy) is 1. The molecule has 0 aromatic heterocycles. The van der Waals surface area contributed by atoms with Gasteiger partial charge in [0.05, 0.1) is 18.3 Å². The Kier molecular flexibility index (Phi) is 5.88. The molecule has 0 radical (unpaired) electrons. The van der Waals surface area contributed by atoms with E-state index >= 15 is 0 Å². The maximum Gasteiger partial charge on any atom is 0.257 e. The third kappa shape index (κ3) is 4.11. The summed E-state index contributed by atoms with van der Waals surface area (Å²) in [7, 11) is 0. The van der Waals surface area contributed by atoms with E-state index in [0.717, 1.165) is 12.8 Å². The Bertz CT molecular complexity index is 486. The van der Waals surface area contributed by atoms with Gasteiger partial charge in [-0.15, -0.1) is 0 Å². The number of halogens is 1. The fraction of sp³-hybridized carbons (Fsp3) is 0.562. The summed E-state index contributed by atoms with van der Waals surface area (Å²) in [5.41, 5.74) is 0.477. The van der Waals surface area contributed by atoms with Gasteiger partial charge in [0.25, 0.3) is 5.91 Å². The highest BCUT2D eigenvalue weighted by molar-refractivity contribution is 6.31. The molecule has 1 aromatic rings. The van der Waals surface area contributed by atoms with Crippen LogP contribution in [0.5, 0.6) is 5.75 Å². The standard InChI is InChI=1S/C16H22ClNO3/c1-2-18(9-10-19)16(20)14-11-12(17)7-8-15(14)21-13-5-3-4-6-13/h7-8,11,13,19H,2-6,9-10H2,1H3. The molecule has 1 aromatic carbocycles. The Labute approximate surface area is 130 Å². The number of hydrogen-bond acceptors (Lipinski definition) is 3. The summed E-state index contributed by atoms with van der Waals surface area (Å²) in [5, 5.41) is 9.58. The van der Waals surface area contributed by atoms with Crippen molar-refractivity contribution >= 4 is 17.5 Å². The van der Waals surface area contributed by atoms with Crippen LogP contribution in [0.3, 0.4) is 0 Å². The number of nitrogens with zero attached hydrogens (tertiary/aromatic N) is 1. The minimum atomic E-state index is -0.151. The van der Waals surface area contributed by atoms with Crippen molar-refractivity contribution in [2.24, 2.45) is 0 Å². The summed E-state index contributed by atoms with van der Waals surface area (Å²) < 4.78 is 5.99. The largest absolute Gasteiger partial charge is 0.490 e. The number of benzene rings is 1. The van der Waals surface area contributed by atoms with Gasteiger partial charge in [-0.25, -0.2) is 0 Å². The Morgan fingerprint density at radius 1 is 1.43 bits per heavy atom. The predicted molar refractivity (Wildman–Crippen MR) is 83.0 cm³/mol. The first-order valence-corrected chi connectivity index (χ1v) is 7.89. The first kappa shape index (κ1) is 16.1. The molecule has 0 unspecified atom stereocenters. The van der Waals surface area contributed by atoms with Crippen LogP contribution >= 0.6 is 11.6 Å². The van der Waals surface area contributed by atoms with Crippen molar-refractivity contribution in [3.63, 3.8) is 0 Å². The van der Waals surface area contributed by atoms with E-state index in [1.54, 1.807) is 23.1 Å². The smallest absolute Gasteiger partial charge is 0.257 e. The van der Waals surface area contributed by atoms with Crippen LogP contribution in [-0.2, 0) is 0 Å². The lowest BCUT2D eigenvalue weighted by Gasteiger charge is -2.22. The number of hydrogen-bond donors (Lipinski definition) is 1. The molecule has 1 N–H and O–H groups in total. The first-order chi connectivity index (χ1) is 10.2. The van der Waals surface area contributed by atoms with E-state index in [0.29, 0.717) is 29.4 Å². The van der Waals surface area contributed by atoms with Crippen LogP contribution in [0.15, 0.2) is 18.2 Å². The lowest BCUT2D eigenvalue weighted by molar-refractivity contribution is 0.0724. The van der Waals surface area contributed by atoms with Crippen molar-refractivity contribution in [1.29, 1.82) is 0 Å². The van der Waals surface area contributed by atoms with Gasteiger partial charge in [0.1, 0.15) is 5.75 Å². The van der Waals surface area contributed by atoms with Crippen molar-refractivity contribution in [2.45, 2.75) is 38.7 Å². The van der Waals surface area contributed by atoms with E-state index in [1.165, 1.54) is 12.8 Å². The molecule has 0 spiro atoms. The summed E-state index contributed by atoms with van der Waals surface area (Å²) in [4.78, 5) is 14.2. The Hall–Kier alpha value is -1.26. The highest BCUT2D eigenvalue weighted by atomic mass is 35.5. The van der Waals surface area contributed by atoms with Crippen LogP contribution in [0, 0.1) is 0 Å². The predicted octanol–water partition coefficient (Wildman–Crippen LogP) is 3.12. The van der Waals surface area contributed by atoms with Gasteiger partial charge in [-0.05, 0) is 50.8 Å². The molecular formula is C16H22ClNO3. The molecule has 0 atom stereocenters. The average molecular weight is 312 g/mol. The zero-order valence-corrected chi connectivity index (χ0v) is 13.1. The highest BCUT2D eigenvalue weighted by Gasteiger charge is 2.22. The van der Waals surface area contributed by atoms with Gasteiger partial charge in [0.15, 0.2) is 0 Å². The van der Waals surface area contributed by atoms with Crippen LogP contribution in [0.25, 0.3) is 0 Å². The van der Waals surface area contributed by atoms with Crippen molar-refractivity contribution < 1.29 is 14.6 Å². The van der Waals surface area contributed by atoms with E-state index in [4.69, 9.17) is 21.4 Å². The number of amides is 1. The van der Waals surface area contributed by atoms with Gasteiger partial charge in [0, 0.05) is 18.1 Å². The van der Waals surface area contributed by atoms with Gasteiger partial charge >= 0.3 is 0 Å². The normalized spacial score (nSPS) is 15.2. The maximum atomic E-state index is 12.6. The van der Waals surface area contributed by atoms with E-state index in [2.05, 4.69) is 0 Å². The highest BCUT2D eigenvalue weighted by Crippen LogP contribution is 2.29. The number of likely N-dealkylation sites (N-methyl/N-ethyl adjacent to an activating group) is 1. The zero-order valence-electron chi connectivity index (χ0n) is 12.3. The Morgan fingerprint density at radius 3 is 2.76 bits per heavy atom. The fourth-order valence-corrected chi connectivity index (χ4v) is 2.82. The molecule has 21 heavy (non-hydrogen) atoms. The third-order valence-corrected chi connectivity index (χ3v) is 4.04. The second-order valence-corrected chi connectivity index (χ2v) is 5.71. The van der Waals surface area contributed by atoms with Crippen LogP contribution in [0.2, 0.25) is 5.02 Å². The molecule has 1 aliphatic rings. The molecule has 0 saturated heterocycles. The number of carbonyl (C=O) groups excluding carboxylic acids is 1. The second kappa shape index (κ2) is 7.66. The quantitative estimate of drug-likeness (QED) is 0.878. The molecule has 1 amide bonds. The van der Waals surface area contributed by atoms with E-state index in [1.807, 2.05) is 6.92 Å². The zero-order chi connectivity index (χ0) is 15.2. The topological polar surface area (TPSA) is 49.8 Å². The van der Waals surface area contributed by atoms with Crippen LogP contribution in [0.1, 0.15) is 43.0 Å². The van der Waals surface area contributed by atoms with Gasteiger partial charge < -0.3 is 14.7 Å². The van der Waals surface area contributed by atoms with Crippen molar-refractivity contribution in [1.82, 2.24) is 4.90 Å². The minimum Gasteiger partial charge on any atom is -0.490 e. The molecule has 1 aliphatic carbocycles. The SMILES string of the molecule is CCN(CCO)C(=O)c1cc(Cl)ccc1OC1CCCC1. The van der Waals surface area contributed by atoms with E-state index in [9.17, 15) is 4.79 Å². The van der Waals surface area contributed by atoms with E-state index < -0.39 is 0 Å². The molecule has 0 heterocycles. The molecule has 5 heteroatoms. The number of carbonyl (C=O) groups is 1. The molecule has 0 bridgehead atoms. The summed E-state index contributed by atoms with van der Waals surface area (Å²) >= 11 is 6.03. The minimum absolute atomic E-state index is 0.0566. The van der Waals surface area contributed by atoms with Gasteiger partial charge in [-0.1, -0.05) is 11.6 Å². The van der Waals surface area contributed by atoms with Crippen molar-refractivity contribution in [3.05, 3.63) is 28.8 Å². The average Bonchev–Trinajstić information content (AvgIpc) is 2.99. The molecule has 1 fully saturated rings. The van der Waals surface area contributed by atoms with Gasteiger partial charge in [-0.2, -0.15) is 0 Å². The molecule has 2 rings (SSSR count). The molecular weight excluding hydrogens is 290 g/mol. The van der Waals surface area contributed by atoms with Crippen LogP contribution in [-0.4, -0.2) is 41.7 Å². The monoisotopic (exact) mass is 311 g/mol. The van der Waals surface area contributed by atoms with Crippen LogP contribution < -0.4 is 4.74 Å². The van der Waals surface area contributed by atoms with E-state index in [-0.39, 0.29) is 18.6 Å². The Morgan fingerprint density at radius 2 is 2.14 bits per heavy atom. The molecule has 116 valence electrons. The van der Waals surface area contributed by atoms with Crippen LogP contribution in [0.4, 0.5) is 0 Å². The lowest BCUT2D eigenvalue weighted by atomic mass is 10.1. The summed E-state index contributed by atoms with van der Waals surface area (Å²) in [6.07, 6.45) is 4.60. The molecule has 0 aliphatic heterocycles. The summed E-state index contributed by atoms with van der Waals surface area (Å²) in [5.74, 6) is 0.440. The maximum absolute atomic E-state index is 12.6. The summed E-state index contributed by atoms with van der Waals surface area (Å²) in [6, 6.07) is 5.15. The fourth-order valence-electron chi connectivity index (χ4n) is 2.65. The molecule has 1 saturated carbocycles. The third-order valence-electron chi connectivity index (χ3n) is 3.81. The van der Waals surface area contributed by atoms with Crippen molar-refractivity contribution in [3.8, 4) is 5.75 Å². The number of aliphatic hydroxyl groups is 1.